The number of nitrogens with zero attached hydrogens (tertiary/aromatic N) is 1. The Morgan fingerprint density at radius 1 is 1.39 bits per heavy atom. The Balaban J connectivity index is 2.00. The quantitative estimate of drug-likeness (QED) is 0.850. The predicted molar refractivity (Wildman–Crippen MR) is 69.1 cm³/mol. The minimum atomic E-state index is 0.0476. The fraction of sp³-hybridized carbons (Fsp3) is 0.357. The monoisotopic (exact) mass is 246 g/mol. The standard InChI is InChI=1S/C14H18N2O2/c1-11-5-3-7-15-12(11)9-16-13(10-17-2)14-6-4-8-18-14/h3-8,13,16H,9-10H2,1-2H3/t13-/m0/s1. The summed E-state index contributed by atoms with van der Waals surface area (Å²) in [5, 5.41) is 3.40. The van der Waals surface area contributed by atoms with Gasteiger partial charge in [-0.3, -0.25) is 10.3 Å². The van der Waals surface area contributed by atoms with Gasteiger partial charge in [0.1, 0.15) is 5.76 Å². The van der Waals surface area contributed by atoms with Gasteiger partial charge in [-0.2, -0.15) is 0 Å². The zero-order valence-electron chi connectivity index (χ0n) is 10.7. The Kier molecular flexibility index (Phi) is 4.50. The van der Waals surface area contributed by atoms with Crippen LogP contribution in [-0.2, 0) is 11.3 Å². The lowest BCUT2D eigenvalue weighted by Gasteiger charge is -2.16. The van der Waals surface area contributed by atoms with Crippen molar-refractivity contribution in [2.45, 2.75) is 19.5 Å². The number of hydrogen-bond acceptors (Lipinski definition) is 4. The Morgan fingerprint density at radius 3 is 2.94 bits per heavy atom. The lowest BCUT2D eigenvalue weighted by atomic mass is 10.2. The van der Waals surface area contributed by atoms with Gasteiger partial charge in [-0.05, 0) is 30.7 Å². The zero-order chi connectivity index (χ0) is 12.8. The number of methoxy groups -OCH3 is 1. The van der Waals surface area contributed by atoms with Crippen molar-refractivity contribution < 1.29 is 9.15 Å². The molecule has 0 aliphatic heterocycles. The number of hydrogen-bond donors (Lipinski definition) is 1. The van der Waals surface area contributed by atoms with Gasteiger partial charge in [0.15, 0.2) is 0 Å². The number of aromatic nitrogens is 1. The molecule has 0 aliphatic carbocycles. The van der Waals surface area contributed by atoms with Gasteiger partial charge < -0.3 is 9.15 Å². The fourth-order valence-corrected chi connectivity index (χ4v) is 1.82. The first-order chi connectivity index (χ1) is 8.81. The van der Waals surface area contributed by atoms with E-state index in [4.69, 9.17) is 9.15 Å². The van der Waals surface area contributed by atoms with Crippen molar-refractivity contribution in [2.24, 2.45) is 0 Å². The maximum atomic E-state index is 5.40. The van der Waals surface area contributed by atoms with E-state index in [9.17, 15) is 0 Å². The van der Waals surface area contributed by atoms with Crippen LogP contribution in [-0.4, -0.2) is 18.7 Å². The second-order valence-electron chi connectivity index (χ2n) is 4.17. The van der Waals surface area contributed by atoms with Crippen LogP contribution in [0.5, 0.6) is 0 Å². The molecule has 0 spiro atoms. The molecule has 0 unspecified atom stereocenters. The number of pyridine rings is 1. The molecule has 1 atom stereocenters. The minimum Gasteiger partial charge on any atom is -0.468 e. The molecule has 0 radical (unpaired) electrons. The van der Waals surface area contributed by atoms with Crippen LogP contribution in [0.3, 0.4) is 0 Å². The molecule has 0 fully saturated rings. The largest absolute Gasteiger partial charge is 0.468 e. The van der Waals surface area contributed by atoms with Crippen molar-refractivity contribution in [1.82, 2.24) is 10.3 Å². The molecule has 0 saturated heterocycles. The van der Waals surface area contributed by atoms with Crippen molar-refractivity contribution in [2.75, 3.05) is 13.7 Å². The van der Waals surface area contributed by atoms with Crippen molar-refractivity contribution >= 4 is 0 Å². The van der Waals surface area contributed by atoms with Gasteiger partial charge in [0.05, 0.1) is 24.6 Å². The van der Waals surface area contributed by atoms with Crippen LogP contribution < -0.4 is 5.32 Å². The van der Waals surface area contributed by atoms with Crippen LogP contribution >= 0.6 is 0 Å². The SMILES string of the molecule is COC[C@H](NCc1ncccc1C)c1ccco1. The van der Waals surface area contributed by atoms with Crippen LogP contribution in [0.15, 0.2) is 41.1 Å². The van der Waals surface area contributed by atoms with Crippen molar-refractivity contribution in [3.05, 3.63) is 53.7 Å². The molecule has 0 aromatic carbocycles. The normalized spacial score (nSPS) is 12.6. The molecule has 1 N–H and O–H groups in total. The van der Waals surface area contributed by atoms with E-state index in [2.05, 4.69) is 23.3 Å². The van der Waals surface area contributed by atoms with Crippen molar-refractivity contribution in [3.63, 3.8) is 0 Å². The lowest BCUT2D eigenvalue weighted by molar-refractivity contribution is 0.156. The molecule has 2 rings (SSSR count). The minimum absolute atomic E-state index is 0.0476. The maximum absolute atomic E-state index is 5.40. The second kappa shape index (κ2) is 6.33. The second-order valence-corrected chi connectivity index (χ2v) is 4.17. The van der Waals surface area contributed by atoms with E-state index in [1.54, 1.807) is 13.4 Å². The summed E-state index contributed by atoms with van der Waals surface area (Å²) >= 11 is 0. The molecule has 0 saturated carbocycles. The summed E-state index contributed by atoms with van der Waals surface area (Å²) in [7, 11) is 1.68. The highest BCUT2D eigenvalue weighted by Crippen LogP contribution is 2.14. The first kappa shape index (κ1) is 12.8. The molecular formula is C14H18N2O2. The van der Waals surface area contributed by atoms with E-state index in [1.165, 1.54) is 5.56 Å². The molecule has 4 heteroatoms. The number of nitrogens with one attached hydrogen (secondary N) is 1. The Morgan fingerprint density at radius 2 is 2.28 bits per heavy atom. The molecule has 18 heavy (non-hydrogen) atoms. The van der Waals surface area contributed by atoms with E-state index in [1.807, 2.05) is 24.4 Å². The Labute approximate surface area is 107 Å². The summed E-state index contributed by atoms with van der Waals surface area (Å²) in [4.78, 5) is 4.36. The lowest BCUT2D eigenvalue weighted by Crippen LogP contribution is -2.25. The van der Waals surface area contributed by atoms with Crippen LogP contribution in [0.1, 0.15) is 23.1 Å². The number of ether oxygens (including phenoxy) is 1. The van der Waals surface area contributed by atoms with Crippen LogP contribution in [0, 0.1) is 6.92 Å². The molecule has 0 amide bonds. The third kappa shape index (κ3) is 3.18. The van der Waals surface area contributed by atoms with Crippen LogP contribution in [0.25, 0.3) is 0 Å². The molecule has 0 bridgehead atoms. The third-order valence-electron chi connectivity index (χ3n) is 2.85. The summed E-state index contributed by atoms with van der Waals surface area (Å²) in [6.07, 6.45) is 3.48. The predicted octanol–water partition coefficient (Wildman–Crippen LogP) is 2.46. The molecule has 4 nitrogen and oxygen atoms in total. The van der Waals surface area contributed by atoms with Crippen molar-refractivity contribution in [3.8, 4) is 0 Å². The van der Waals surface area contributed by atoms with E-state index in [0.717, 1.165) is 11.5 Å². The molecule has 96 valence electrons. The van der Waals surface area contributed by atoms with E-state index in [-0.39, 0.29) is 6.04 Å². The van der Waals surface area contributed by atoms with E-state index in [0.29, 0.717) is 13.2 Å². The highest BCUT2D eigenvalue weighted by molar-refractivity contribution is 5.17. The highest BCUT2D eigenvalue weighted by Gasteiger charge is 2.14. The third-order valence-corrected chi connectivity index (χ3v) is 2.85. The van der Waals surface area contributed by atoms with Gasteiger partial charge >= 0.3 is 0 Å². The topological polar surface area (TPSA) is 47.3 Å². The number of rotatable bonds is 6. The Hall–Kier alpha value is -1.65. The number of furan rings is 1. The van der Waals surface area contributed by atoms with Gasteiger partial charge in [-0.1, -0.05) is 6.07 Å². The molecule has 0 aliphatic rings. The summed E-state index contributed by atoms with van der Waals surface area (Å²) in [5.74, 6) is 0.880. The maximum Gasteiger partial charge on any atom is 0.123 e. The fourth-order valence-electron chi connectivity index (χ4n) is 1.82. The summed E-state index contributed by atoms with van der Waals surface area (Å²) < 4.78 is 10.6. The molecular weight excluding hydrogens is 228 g/mol. The van der Waals surface area contributed by atoms with Crippen molar-refractivity contribution in [1.29, 1.82) is 0 Å². The first-order valence-corrected chi connectivity index (χ1v) is 5.97. The summed E-state index contributed by atoms with van der Waals surface area (Å²) in [6.45, 7) is 3.32. The van der Waals surface area contributed by atoms with Crippen LogP contribution in [0.2, 0.25) is 0 Å². The van der Waals surface area contributed by atoms with Crippen LogP contribution in [0.4, 0.5) is 0 Å². The van der Waals surface area contributed by atoms with Gasteiger partial charge in [-0.15, -0.1) is 0 Å². The van der Waals surface area contributed by atoms with Gasteiger partial charge in [-0.25, -0.2) is 0 Å². The average Bonchev–Trinajstić information content (AvgIpc) is 2.90. The Bertz CT molecular complexity index is 468. The molecule has 2 heterocycles. The first-order valence-electron chi connectivity index (χ1n) is 5.97. The van der Waals surface area contributed by atoms with E-state index >= 15 is 0 Å². The molecule has 2 aromatic rings. The smallest absolute Gasteiger partial charge is 0.123 e. The molecule has 2 aromatic heterocycles. The average molecular weight is 246 g/mol. The van der Waals surface area contributed by atoms with Gasteiger partial charge in [0.25, 0.3) is 0 Å². The van der Waals surface area contributed by atoms with E-state index < -0.39 is 0 Å². The summed E-state index contributed by atoms with van der Waals surface area (Å²) in [6, 6.07) is 7.87. The summed E-state index contributed by atoms with van der Waals surface area (Å²) in [5.41, 5.74) is 2.23. The van der Waals surface area contributed by atoms with Gasteiger partial charge in [0, 0.05) is 19.9 Å². The number of aryl methyl sites for hydroxylation is 1. The zero-order valence-corrected chi connectivity index (χ0v) is 10.7. The van der Waals surface area contributed by atoms with Gasteiger partial charge in [0.2, 0.25) is 0 Å². The highest BCUT2D eigenvalue weighted by atomic mass is 16.5.